The molecule has 5 nitrogen and oxygen atoms in total. The number of aromatic nitrogens is 2. The first-order valence-corrected chi connectivity index (χ1v) is 6.27. The highest BCUT2D eigenvalue weighted by molar-refractivity contribution is 5.66. The molecule has 2 rings (SSSR count). The van der Waals surface area contributed by atoms with Crippen molar-refractivity contribution in [3.63, 3.8) is 0 Å². The number of aliphatic carboxylic acids is 1. The summed E-state index contributed by atoms with van der Waals surface area (Å²) in [5.41, 5.74) is 2.20. The minimum Gasteiger partial charge on any atom is -0.481 e. The molecule has 0 fully saturated rings. The van der Waals surface area contributed by atoms with Gasteiger partial charge in [-0.2, -0.15) is 5.10 Å². The predicted molar refractivity (Wildman–Crippen MR) is 72.1 cm³/mol. The zero-order chi connectivity index (χ0) is 13.5. The lowest BCUT2D eigenvalue weighted by molar-refractivity contribution is -0.137. The van der Waals surface area contributed by atoms with Gasteiger partial charge in [0, 0.05) is 25.4 Å². The Bertz CT molecular complexity index is 506. The quantitative estimate of drug-likeness (QED) is 0.744. The average molecular weight is 259 g/mol. The van der Waals surface area contributed by atoms with Gasteiger partial charge in [-0.05, 0) is 36.7 Å². The van der Waals surface area contributed by atoms with E-state index in [-0.39, 0.29) is 6.42 Å². The highest BCUT2D eigenvalue weighted by atomic mass is 16.4. The summed E-state index contributed by atoms with van der Waals surface area (Å²) < 4.78 is 1.81. The van der Waals surface area contributed by atoms with Crippen molar-refractivity contribution in [1.82, 2.24) is 15.1 Å². The van der Waals surface area contributed by atoms with Crippen molar-refractivity contribution in [3.8, 4) is 5.69 Å². The molecule has 0 unspecified atom stereocenters. The van der Waals surface area contributed by atoms with Crippen LogP contribution >= 0.6 is 0 Å². The molecule has 0 saturated heterocycles. The van der Waals surface area contributed by atoms with Crippen molar-refractivity contribution >= 4 is 5.97 Å². The molecule has 1 heterocycles. The van der Waals surface area contributed by atoms with E-state index in [1.807, 2.05) is 41.2 Å². The second-order valence-electron chi connectivity index (χ2n) is 4.29. The van der Waals surface area contributed by atoms with Gasteiger partial charge in [0.15, 0.2) is 0 Å². The number of nitrogens with zero attached hydrogens (tertiary/aromatic N) is 2. The first kappa shape index (κ1) is 13.3. The molecule has 19 heavy (non-hydrogen) atoms. The largest absolute Gasteiger partial charge is 0.481 e. The van der Waals surface area contributed by atoms with Crippen LogP contribution in [0, 0.1) is 0 Å². The summed E-state index contributed by atoms with van der Waals surface area (Å²) in [4.78, 5) is 10.3. The van der Waals surface area contributed by atoms with Crippen molar-refractivity contribution in [3.05, 3.63) is 48.3 Å². The summed E-state index contributed by atoms with van der Waals surface area (Å²) >= 11 is 0. The van der Waals surface area contributed by atoms with Gasteiger partial charge in [0.1, 0.15) is 0 Å². The number of hydrogen-bond donors (Lipinski definition) is 2. The van der Waals surface area contributed by atoms with Gasteiger partial charge < -0.3 is 10.4 Å². The van der Waals surface area contributed by atoms with Gasteiger partial charge in [0.05, 0.1) is 5.69 Å². The molecule has 5 heteroatoms. The van der Waals surface area contributed by atoms with Crippen LogP contribution in [-0.2, 0) is 11.3 Å². The van der Waals surface area contributed by atoms with E-state index in [4.69, 9.17) is 5.11 Å². The Hall–Kier alpha value is -2.14. The van der Waals surface area contributed by atoms with Gasteiger partial charge in [0.2, 0.25) is 0 Å². The molecule has 0 atom stereocenters. The minimum atomic E-state index is -0.745. The van der Waals surface area contributed by atoms with E-state index < -0.39 is 5.97 Å². The Morgan fingerprint density at radius 2 is 2.11 bits per heavy atom. The Morgan fingerprint density at radius 3 is 2.74 bits per heavy atom. The molecule has 0 aliphatic heterocycles. The van der Waals surface area contributed by atoms with Crippen molar-refractivity contribution < 1.29 is 9.90 Å². The number of carbonyl (C=O) groups is 1. The van der Waals surface area contributed by atoms with Crippen molar-refractivity contribution in [1.29, 1.82) is 0 Å². The van der Waals surface area contributed by atoms with E-state index in [1.165, 1.54) is 5.56 Å². The highest BCUT2D eigenvalue weighted by Gasteiger charge is 1.98. The fourth-order valence-electron chi connectivity index (χ4n) is 1.79. The molecule has 0 radical (unpaired) electrons. The molecule has 0 aliphatic rings. The van der Waals surface area contributed by atoms with E-state index in [2.05, 4.69) is 10.4 Å². The molecular weight excluding hydrogens is 242 g/mol. The van der Waals surface area contributed by atoms with Gasteiger partial charge in [-0.1, -0.05) is 12.1 Å². The Kier molecular flexibility index (Phi) is 4.69. The number of rotatable bonds is 7. The van der Waals surface area contributed by atoms with Crippen LogP contribution in [0.25, 0.3) is 5.69 Å². The lowest BCUT2D eigenvalue weighted by Crippen LogP contribution is -2.15. The Balaban J connectivity index is 1.78. The van der Waals surface area contributed by atoms with Crippen LogP contribution in [0.5, 0.6) is 0 Å². The fraction of sp³-hybridized carbons (Fsp3) is 0.286. The maximum atomic E-state index is 10.3. The summed E-state index contributed by atoms with van der Waals surface area (Å²) in [5, 5.41) is 15.9. The average Bonchev–Trinajstić information content (AvgIpc) is 2.93. The molecule has 0 amide bonds. The van der Waals surface area contributed by atoms with Gasteiger partial charge >= 0.3 is 5.97 Å². The fourth-order valence-corrected chi connectivity index (χ4v) is 1.79. The molecule has 2 N–H and O–H groups in total. The third-order valence-electron chi connectivity index (χ3n) is 2.78. The molecule has 100 valence electrons. The standard InChI is InChI=1S/C14H17N3O2/c18-14(19)3-1-8-15-11-12-4-6-13(7-5-12)17-10-2-9-16-17/h2,4-7,9-10,15H,1,3,8,11H2,(H,18,19). The summed E-state index contributed by atoms with van der Waals surface area (Å²) in [6.45, 7) is 1.46. The summed E-state index contributed by atoms with van der Waals surface area (Å²) in [6.07, 6.45) is 4.52. The lowest BCUT2D eigenvalue weighted by Gasteiger charge is -2.06. The third-order valence-corrected chi connectivity index (χ3v) is 2.78. The maximum absolute atomic E-state index is 10.3. The molecule has 1 aromatic carbocycles. The van der Waals surface area contributed by atoms with Crippen molar-refractivity contribution in [2.75, 3.05) is 6.54 Å². The second-order valence-corrected chi connectivity index (χ2v) is 4.29. The van der Waals surface area contributed by atoms with Gasteiger partial charge in [-0.25, -0.2) is 4.68 Å². The van der Waals surface area contributed by atoms with Crippen molar-refractivity contribution in [2.45, 2.75) is 19.4 Å². The predicted octanol–water partition coefficient (Wildman–Crippen LogP) is 1.83. The summed E-state index contributed by atoms with van der Waals surface area (Å²) in [5.74, 6) is -0.745. The van der Waals surface area contributed by atoms with Crippen LogP contribution in [0.4, 0.5) is 0 Å². The van der Waals surface area contributed by atoms with Crippen LogP contribution in [0.1, 0.15) is 18.4 Å². The van der Waals surface area contributed by atoms with Gasteiger partial charge in [0.25, 0.3) is 0 Å². The van der Waals surface area contributed by atoms with Gasteiger partial charge in [-0.15, -0.1) is 0 Å². The lowest BCUT2D eigenvalue weighted by atomic mass is 10.2. The van der Waals surface area contributed by atoms with Crippen LogP contribution in [0.15, 0.2) is 42.7 Å². The molecule has 1 aromatic heterocycles. The Morgan fingerprint density at radius 1 is 1.32 bits per heavy atom. The first-order chi connectivity index (χ1) is 9.25. The second kappa shape index (κ2) is 6.70. The topological polar surface area (TPSA) is 67.2 Å². The molecule has 2 aromatic rings. The van der Waals surface area contributed by atoms with E-state index in [9.17, 15) is 4.79 Å². The number of carboxylic acids is 1. The summed E-state index contributed by atoms with van der Waals surface area (Å²) in [7, 11) is 0. The Labute approximate surface area is 111 Å². The van der Waals surface area contributed by atoms with E-state index in [1.54, 1.807) is 6.20 Å². The summed E-state index contributed by atoms with van der Waals surface area (Å²) in [6, 6.07) is 10.0. The molecular formula is C14H17N3O2. The van der Waals surface area contributed by atoms with Crippen molar-refractivity contribution in [2.24, 2.45) is 0 Å². The van der Waals surface area contributed by atoms with Gasteiger partial charge in [-0.3, -0.25) is 4.79 Å². The molecule has 0 saturated carbocycles. The number of nitrogens with one attached hydrogen (secondary N) is 1. The highest BCUT2D eigenvalue weighted by Crippen LogP contribution is 2.08. The van der Waals surface area contributed by atoms with Crippen LogP contribution in [0.3, 0.4) is 0 Å². The number of benzene rings is 1. The SMILES string of the molecule is O=C(O)CCCNCc1ccc(-n2cccn2)cc1. The van der Waals surface area contributed by atoms with Crippen LogP contribution in [-0.4, -0.2) is 27.4 Å². The zero-order valence-electron chi connectivity index (χ0n) is 10.6. The maximum Gasteiger partial charge on any atom is 0.303 e. The van der Waals surface area contributed by atoms with Crippen LogP contribution in [0.2, 0.25) is 0 Å². The smallest absolute Gasteiger partial charge is 0.303 e. The van der Waals surface area contributed by atoms with E-state index >= 15 is 0 Å². The molecule has 0 aliphatic carbocycles. The molecule has 0 spiro atoms. The zero-order valence-corrected chi connectivity index (χ0v) is 10.6. The normalized spacial score (nSPS) is 10.5. The molecule has 0 bridgehead atoms. The number of hydrogen-bond acceptors (Lipinski definition) is 3. The first-order valence-electron chi connectivity index (χ1n) is 6.27. The third kappa shape index (κ3) is 4.22. The van der Waals surface area contributed by atoms with Crippen LogP contribution < -0.4 is 5.32 Å². The number of carboxylic acid groups (broad SMARTS) is 1. The van der Waals surface area contributed by atoms with E-state index in [0.29, 0.717) is 13.0 Å². The monoisotopic (exact) mass is 259 g/mol. The van der Waals surface area contributed by atoms with E-state index in [0.717, 1.165) is 12.2 Å². The minimum absolute atomic E-state index is 0.214.